The molecule has 0 aromatic rings. The standard InChI is InChI=1S/C35H64N4O10/c36-29(27-40)17-15-16-22-37-33(43)28-49-26-25-48-24-23-38-31(41)21-20-30(35(46)47)39-32(42)18-13-11-9-7-5-3-1-2-4-6-8-10-12-14-19-34(44)45/h27,29-30H,1-26,28,36H2,(H,37,43)(H,38,41)(H,39,42)(H,44,45)(H,46,47)/t29-,30-/m0/s1. The van der Waals surface area contributed by atoms with Crippen molar-refractivity contribution in [1.82, 2.24) is 16.0 Å². The van der Waals surface area contributed by atoms with E-state index in [1.165, 1.54) is 44.9 Å². The molecule has 284 valence electrons. The monoisotopic (exact) mass is 700 g/mol. The Balaban J connectivity index is 3.68. The smallest absolute Gasteiger partial charge is 0.326 e. The third-order valence-electron chi connectivity index (χ3n) is 7.97. The molecule has 0 aromatic carbocycles. The molecule has 0 bridgehead atoms. The van der Waals surface area contributed by atoms with Crippen LogP contribution in [0.15, 0.2) is 0 Å². The molecule has 0 spiro atoms. The third-order valence-corrected chi connectivity index (χ3v) is 7.97. The van der Waals surface area contributed by atoms with Crippen molar-refractivity contribution in [1.29, 1.82) is 0 Å². The molecule has 49 heavy (non-hydrogen) atoms. The fourth-order valence-corrected chi connectivity index (χ4v) is 5.07. The molecule has 0 aliphatic rings. The molecule has 0 heterocycles. The highest BCUT2D eigenvalue weighted by atomic mass is 16.5. The fraction of sp³-hybridized carbons (Fsp3) is 0.829. The molecule has 2 atom stereocenters. The number of ether oxygens (including phenoxy) is 2. The normalized spacial score (nSPS) is 12.2. The van der Waals surface area contributed by atoms with E-state index in [4.69, 9.17) is 20.3 Å². The summed E-state index contributed by atoms with van der Waals surface area (Å²) in [7, 11) is 0. The minimum absolute atomic E-state index is 0.0112. The van der Waals surface area contributed by atoms with Crippen molar-refractivity contribution in [2.75, 3.05) is 39.5 Å². The summed E-state index contributed by atoms with van der Waals surface area (Å²) in [6.07, 6.45) is 18.4. The Bertz CT molecular complexity index is 906. The van der Waals surface area contributed by atoms with Gasteiger partial charge in [-0.25, -0.2) is 4.79 Å². The average molecular weight is 701 g/mol. The molecule has 0 fully saturated rings. The van der Waals surface area contributed by atoms with E-state index in [2.05, 4.69) is 16.0 Å². The number of aldehydes is 1. The molecule has 0 aromatic heterocycles. The summed E-state index contributed by atoms with van der Waals surface area (Å²) >= 11 is 0. The molecular formula is C35H64N4O10. The molecule has 0 unspecified atom stereocenters. The van der Waals surface area contributed by atoms with Crippen LogP contribution < -0.4 is 21.7 Å². The van der Waals surface area contributed by atoms with Gasteiger partial charge in [-0.15, -0.1) is 0 Å². The highest BCUT2D eigenvalue weighted by molar-refractivity contribution is 5.84. The highest BCUT2D eigenvalue weighted by Gasteiger charge is 2.20. The maximum absolute atomic E-state index is 12.3. The molecule has 0 rings (SSSR count). The van der Waals surface area contributed by atoms with Crippen molar-refractivity contribution in [2.45, 2.75) is 147 Å². The maximum Gasteiger partial charge on any atom is 0.326 e. The summed E-state index contributed by atoms with van der Waals surface area (Å²) in [4.78, 5) is 68.6. The second kappa shape index (κ2) is 33.4. The van der Waals surface area contributed by atoms with Crippen molar-refractivity contribution < 1.29 is 48.5 Å². The Morgan fingerprint density at radius 3 is 1.65 bits per heavy atom. The summed E-state index contributed by atoms with van der Waals surface area (Å²) in [6, 6.07) is -1.58. The number of carbonyl (C=O) groups excluding carboxylic acids is 4. The number of nitrogens with two attached hydrogens (primary N) is 1. The summed E-state index contributed by atoms with van der Waals surface area (Å²) in [5.41, 5.74) is 5.50. The lowest BCUT2D eigenvalue weighted by Gasteiger charge is -2.14. The summed E-state index contributed by atoms with van der Waals surface area (Å²) in [5.74, 6) is -2.79. The van der Waals surface area contributed by atoms with E-state index in [1.54, 1.807) is 0 Å². The Morgan fingerprint density at radius 1 is 0.571 bits per heavy atom. The van der Waals surface area contributed by atoms with Gasteiger partial charge in [0.15, 0.2) is 0 Å². The lowest BCUT2D eigenvalue weighted by molar-refractivity contribution is -0.142. The quantitative estimate of drug-likeness (QED) is 0.0409. The lowest BCUT2D eigenvalue weighted by atomic mass is 10.0. The van der Waals surface area contributed by atoms with Gasteiger partial charge in [0.25, 0.3) is 0 Å². The van der Waals surface area contributed by atoms with E-state index in [1.807, 2.05) is 0 Å². The second-order valence-corrected chi connectivity index (χ2v) is 12.5. The molecule has 0 saturated carbocycles. The van der Waals surface area contributed by atoms with Gasteiger partial charge < -0.3 is 46.2 Å². The number of aliphatic carboxylic acids is 2. The first-order valence-corrected chi connectivity index (χ1v) is 18.3. The molecule has 0 radical (unpaired) electrons. The van der Waals surface area contributed by atoms with Gasteiger partial charge in [-0.3, -0.25) is 19.2 Å². The van der Waals surface area contributed by atoms with Crippen LogP contribution in [0.3, 0.4) is 0 Å². The van der Waals surface area contributed by atoms with Crippen molar-refractivity contribution in [2.24, 2.45) is 5.73 Å². The van der Waals surface area contributed by atoms with E-state index in [0.29, 0.717) is 25.7 Å². The van der Waals surface area contributed by atoms with Crippen molar-refractivity contribution in [3.05, 3.63) is 0 Å². The van der Waals surface area contributed by atoms with E-state index in [0.717, 1.165) is 51.4 Å². The van der Waals surface area contributed by atoms with E-state index >= 15 is 0 Å². The van der Waals surface area contributed by atoms with Crippen molar-refractivity contribution >= 4 is 35.9 Å². The molecule has 3 amide bonds. The first-order chi connectivity index (χ1) is 23.6. The van der Waals surface area contributed by atoms with Crippen LogP contribution in [0.1, 0.15) is 135 Å². The van der Waals surface area contributed by atoms with Gasteiger partial charge in [0.2, 0.25) is 17.7 Å². The van der Waals surface area contributed by atoms with E-state index < -0.39 is 24.0 Å². The van der Waals surface area contributed by atoms with Crippen molar-refractivity contribution in [3.8, 4) is 0 Å². The van der Waals surface area contributed by atoms with Crippen LogP contribution in [-0.2, 0) is 38.2 Å². The first-order valence-electron chi connectivity index (χ1n) is 18.3. The third kappa shape index (κ3) is 33.2. The Morgan fingerprint density at radius 2 is 1.10 bits per heavy atom. The Hall–Kier alpha value is -3.10. The topological polar surface area (TPSA) is 223 Å². The minimum atomic E-state index is -1.17. The van der Waals surface area contributed by atoms with Crippen LogP contribution in [0, 0.1) is 0 Å². The van der Waals surface area contributed by atoms with Crippen LogP contribution in [0.5, 0.6) is 0 Å². The van der Waals surface area contributed by atoms with Gasteiger partial charge in [0.1, 0.15) is 18.9 Å². The summed E-state index contributed by atoms with van der Waals surface area (Å²) < 4.78 is 10.6. The van der Waals surface area contributed by atoms with Gasteiger partial charge in [-0.1, -0.05) is 77.0 Å². The van der Waals surface area contributed by atoms with Gasteiger partial charge in [0.05, 0.1) is 25.9 Å². The van der Waals surface area contributed by atoms with Gasteiger partial charge in [-0.2, -0.15) is 0 Å². The SMILES string of the molecule is N[C@H](C=O)CCCCNC(=O)COCCOCCNC(=O)CC[C@H](NC(=O)CCCCCCCCCCCCCCCCC(=O)O)C(=O)O. The molecule has 7 N–H and O–H groups in total. The molecule has 14 nitrogen and oxygen atoms in total. The number of nitrogens with one attached hydrogen (secondary N) is 3. The Labute approximate surface area is 292 Å². The predicted octanol–water partition coefficient (Wildman–Crippen LogP) is 3.62. The molecule has 0 aliphatic carbocycles. The zero-order valence-electron chi connectivity index (χ0n) is 29.6. The van der Waals surface area contributed by atoms with Gasteiger partial charge in [-0.05, 0) is 38.5 Å². The first kappa shape index (κ1) is 45.9. The molecule has 0 aliphatic heterocycles. The highest BCUT2D eigenvalue weighted by Crippen LogP contribution is 2.14. The predicted molar refractivity (Wildman–Crippen MR) is 186 cm³/mol. The van der Waals surface area contributed by atoms with Crippen LogP contribution in [0.25, 0.3) is 0 Å². The number of hydrogen-bond donors (Lipinski definition) is 6. The van der Waals surface area contributed by atoms with Crippen molar-refractivity contribution in [3.63, 3.8) is 0 Å². The van der Waals surface area contributed by atoms with Gasteiger partial charge in [0, 0.05) is 32.4 Å². The summed E-state index contributed by atoms with van der Waals surface area (Å²) in [5, 5.41) is 26.0. The lowest BCUT2D eigenvalue weighted by Crippen LogP contribution is -2.41. The fourth-order valence-electron chi connectivity index (χ4n) is 5.07. The average Bonchev–Trinajstić information content (AvgIpc) is 3.06. The number of carbonyl (C=O) groups is 6. The number of unbranched alkanes of at least 4 members (excludes halogenated alkanes) is 14. The van der Waals surface area contributed by atoms with Crippen LogP contribution in [-0.4, -0.2) is 97.8 Å². The van der Waals surface area contributed by atoms with Crippen LogP contribution in [0.4, 0.5) is 0 Å². The molecule has 14 heteroatoms. The van der Waals surface area contributed by atoms with Crippen LogP contribution in [0.2, 0.25) is 0 Å². The maximum atomic E-state index is 12.3. The van der Waals surface area contributed by atoms with Crippen LogP contribution >= 0.6 is 0 Å². The van der Waals surface area contributed by atoms with Gasteiger partial charge >= 0.3 is 11.9 Å². The van der Waals surface area contributed by atoms with E-state index in [-0.39, 0.29) is 76.4 Å². The Kier molecular flexibility index (Phi) is 31.3. The number of rotatable bonds is 36. The number of carboxylic acid groups (broad SMARTS) is 2. The number of carboxylic acids is 2. The molecular weight excluding hydrogens is 636 g/mol. The molecule has 0 saturated heterocycles. The zero-order chi connectivity index (χ0) is 36.4. The minimum Gasteiger partial charge on any atom is -0.481 e. The summed E-state index contributed by atoms with van der Waals surface area (Å²) in [6.45, 7) is 1.29. The zero-order valence-corrected chi connectivity index (χ0v) is 29.6. The van der Waals surface area contributed by atoms with E-state index in [9.17, 15) is 33.9 Å². The second-order valence-electron chi connectivity index (χ2n) is 12.5. The largest absolute Gasteiger partial charge is 0.481 e. The number of amides is 3. The number of hydrogen-bond acceptors (Lipinski definition) is 9.